The molecule has 0 aliphatic heterocycles. The summed E-state index contributed by atoms with van der Waals surface area (Å²) >= 11 is 5.45. The minimum absolute atomic E-state index is 0.614. The highest BCUT2D eigenvalue weighted by Gasteiger charge is 2.17. The van der Waals surface area contributed by atoms with Crippen molar-refractivity contribution in [3.8, 4) is 11.5 Å². The van der Waals surface area contributed by atoms with E-state index >= 15 is 0 Å². The molecule has 47 heavy (non-hydrogen) atoms. The number of aromatic nitrogens is 1. The maximum atomic E-state index is 6.29. The van der Waals surface area contributed by atoms with Crippen LogP contribution in [-0.4, -0.2) is 4.98 Å². The molecule has 4 nitrogen and oxygen atoms in total. The van der Waals surface area contributed by atoms with E-state index in [1.165, 1.54) is 20.2 Å². The molecule has 0 saturated carbocycles. The first-order valence-electron chi connectivity index (χ1n) is 15.4. The van der Waals surface area contributed by atoms with Gasteiger partial charge in [-0.05, 0) is 114 Å². The van der Waals surface area contributed by atoms with E-state index in [0.29, 0.717) is 5.89 Å². The number of para-hydroxylation sites is 2. The summed E-state index contributed by atoms with van der Waals surface area (Å²) in [5.41, 5.74) is 7.52. The second kappa shape index (κ2) is 10.3. The molecular weight excluding hydrogens is 664 g/mol. The third-order valence-corrected chi connectivity index (χ3v) is 10.6. The standard InChI is InChI=1S/C41H23BrN2O2S/c42-27-12-17-36-33(22-27)32-20-25-11-15-29(19-26(25)21-38(32)45-36)44(30-16-18-40-34(23-30)31-5-1-4-8-39(31)47-40)28-13-9-24(10-14-28)41-43-35-6-2-3-7-37(35)46-41/h1-23H. The maximum Gasteiger partial charge on any atom is 0.227 e. The highest BCUT2D eigenvalue weighted by molar-refractivity contribution is 9.10. The summed E-state index contributed by atoms with van der Waals surface area (Å²) in [6.07, 6.45) is 0. The van der Waals surface area contributed by atoms with Crippen molar-refractivity contribution in [3.63, 3.8) is 0 Å². The fourth-order valence-corrected chi connectivity index (χ4v) is 8.11. The quantitative estimate of drug-likeness (QED) is 0.185. The number of thiophene rings is 1. The van der Waals surface area contributed by atoms with Crippen molar-refractivity contribution in [1.82, 2.24) is 4.98 Å². The van der Waals surface area contributed by atoms with Gasteiger partial charge in [-0.15, -0.1) is 11.3 Å². The van der Waals surface area contributed by atoms with Crippen molar-refractivity contribution in [2.45, 2.75) is 0 Å². The topological polar surface area (TPSA) is 42.4 Å². The smallest absolute Gasteiger partial charge is 0.227 e. The van der Waals surface area contributed by atoms with E-state index in [2.05, 4.69) is 124 Å². The van der Waals surface area contributed by atoms with E-state index in [9.17, 15) is 0 Å². The van der Waals surface area contributed by atoms with Crippen LogP contribution in [0.25, 0.3) is 75.4 Å². The molecular formula is C41H23BrN2O2S. The summed E-state index contributed by atoms with van der Waals surface area (Å²) in [6.45, 7) is 0. The van der Waals surface area contributed by atoms with Gasteiger partial charge in [0.2, 0.25) is 5.89 Å². The Labute approximate surface area is 281 Å². The molecule has 0 aliphatic carbocycles. The van der Waals surface area contributed by atoms with Crippen LogP contribution in [-0.2, 0) is 0 Å². The SMILES string of the molecule is Brc1ccc2oc3cc4cc(N(c5ccc(-c6nc7ccccc7o6)cc5)c5ccc6sc7ccccc7c6c5)ccc4cc3c2c1. The molecule has 10 rings (SSSR count). The molecule has 0 saturated heterocycles. The molecule has 0 N–H and O–H groups in total. The van der Waals surface area contributed by atoms with Crippen molar-refractivity contribution in [2.75, 3.05) is 4.90 Å². The minimum Gasteiger partial charge on any atom is -0.456 e. The number of hydrogen-bond donors (Lipinski definition) is 0. The Morgan fingerprint density at radius 2 is 1.28 bits per heavy atom. The van der Waals surface area contributed by atoms with E-state index < -0.39 is 0 Å². The maximum absolute atomic E-state index is 6.29. The van der Waals surface area contributed by atoms with E-state index in [1.807, 2.05) is 47.7 Å². The molecule has 0 spiro atoms. The van der Waals surface area contributed by atoms with E-state index in [4.69, 9.17) is 13.8 Å². The van der Waals surface area contributed by atoms with Gasteiger partial charge in [-0.3, -0.25) is 0 Å². The van der Waals surface area contributed by atoms with Gasteiger partial charge in [-0.1, -0.05) is 52.3 Å². The number of anilines is 3. The second-order valence-corrected chi connectivity index (χ2v) is 13.8. The Bertz CT molecular complexity index is 2800. The minimum atomic E-state index is 0.614. The molecule has 0 unspecified atom stereocenters. The Morgan fingerprint density at radius 1 is 0.511 bits per heavy atom. The summed E-state index contributed by atoms with van der Waals surface area (Å²) < 4.78 is 16.0. The van der Waals surface area contributed by atoms with Crippen molar-refractivity contribution in [1.29, 1.82) is 0 Å². The largest absolute Gasteiger partial charge is 0.456 e. The molecule has 0 fully saturated rings. The molecule has 3 heterocycles. The van der Waals surface area contributed by atoms with Crippen LogP contribution in [0.5, 0.6) is 0 Å². The van der Waals surface area contributed by atoms with E-state index in [0.717, 1.165) is 70.9 Å². The fourth-order valence-electron chi connectivity index (χ4n) is 6.67. The predicted molar refractivity (Wildman–Crippen MR) is 200 cm³/mol. The summed E-state index contributed by atoms with van der Waals surface area (Å²) in [5, 5.41) is 7.03. The van der Waals surface area contributed by atoms with Crippen LogP contribution in [0.15, 0.2) is 153 Å². The van der Waals surface area contributed by atoms with Crippen molar-refractivity contribution in [3.05, 3.63) is 144 Å². The molecule has 0 radical (unpaired) electrons. The van der Waals surface area contributed by atoms with Crippen LogP contribution in [0, 0.1) is 0 Å². The van der Waals surface area contributed by atoms with Gasteiger partial charge < -0.3 is 13.7 Å². The lowest BCUT2D eigenvalue weighted by molar-refractivity contribution is 0.620. The third kappa shape index (κ3) is 4.37. The zero-order valence-electron chi connectivity index (χ0n) is 24.8. The lowest BCUT2D eigenvalue weighted by Gasteiger charge is -2.26. The first-order valence-corrected chi connectivity index (χ1v) is 17.0. The van der Waals surface area contributed by atoms with Crippen LogP contribution < -0.4 is 4.90 Å². The highest BCUT2D eigenvalue weighted by atomic mass is 79.9. The number of oxazole rings is 1. The monoisotopic (exact) mass is 686 g/mol. The van der Waals surface area contributed by atoms with Crippen molar-refractivity contribution in [2.24, 2.45) is 0 Å². The molecule has 0 atom stereocenters. The molecule has 222 valence electrons. The normalized spacial score (nSPS) is 11.9. The van der Waals surface area contributed by atoms with Crippen LogP contribution in [0.1, 0.15) is 0 Å². The van der Waals surface area contributed by atoms with Gasteiger partial charge in [-0.2, -0.15) is 0 Å². The average Bonchev–Trinajstić information content (AvgIpc) is 3.81. The molecule has 0 bridgehead atoms. The number of nitrogens with zero attached hydrogens (tertiary/aromatic N) is 2. The zero-order chi connectivity index (χ0) is 31.1. The van der Waals surface area contributed by atoms with Gasteiger partial charge in [0, 0.05) is 58.0 Å². The van der Waals surface area contributed by atoms with Gasteiger partial charge in [0.05, 0.1) is 0 Å². The van der Waals surface area contributed by atoms with Gasteiger partial charge in [0.15, 0.2) is 5.58 Å². The number of fused-ring (bicyclic) bond motifs is 8. The Morgan fingerprint density at radius 3 is 2.19 bits per heavy atom. The van der Waals surface area contributed by atoms with Crippen LogP contribution in [0.2, 0.25) is 0 Å². The first kappa shape index (κ1) is 26.8. The Balaban J connectivity index is 1.14. The molecule has 10 aromatic rings. The lowest BCUT2D eigenvalue weighted by atomic mass is 10.0. The molecule has 0 amide bonds. The van der Waals surface area contributed by atoms with Gasteiger partial charge in [0.1, 0.15) is 16.7 Å². The number of halogens is 1. The summed E-state index contributed by atoms with van der Waals surface area (Å²) in [6, 6.07) is 48.9. The number of furan rings is 1. The van der Waals surface area contributed by atoms with Gasteiger partial charge in [0.25, 0.3) is 0 Å². The summed E-state index contributed by atoms with van der Waals surface area (Å²) in [5.74, 6) is 0.614. The first-order chi connectivity index (χ1) is 23.1. The summed E-state index contributed by atoms with van der Waals surface area (Å²) in [7, 11) is 0. The summed E-state index contributed by atoms with van der Waals surface area (Å²) in [4.78, 5) is 7.04. The van der Waals surface area contributed by atoms with E-state index in [1.54, 1.807) is 0 Å². The molecule has 0 aliphatic rings. The third-order valence-electron chi connectivity index (χ3n) is 8.92. The van der Waals surface area contributed by atoms with Crippen molar-refractivity contribution >= 4 is 108 Å². The molecule has 6 heteroatoms. The van der Waals surface area contributed by atoms with Crippen molar-refractivity contribution < 1.29 is 8.83 Å². The average molecular weight is 688 g/mol. The van der Waals surface area contributed by atoms with Gasteiger partial charge in [-0.25, -0.2) is 4.98 Å². The Hall–Kier alpha value is -5.43. The second-order valence-electron chi connectivity index (χ2n) is 11.8. The number of rotatable bonds is 4. The highest BCUT2D eigenvalue weighted by Crippen LogP contribution is 2.42. The molecule has 7 aromatic carbocycles. The van der Waals surface area contributed by atoms with Crippen LogP contribution in [0.4, 0.5) is 17.1 Å². The Kier molecular flexibility index (Phi) is 5.86. The van der Waals surface area contributed by atoms with Crippen LogP contribution >= 0.6 is 27.3 Å². The molecule has 3 aromatic heterocycles. The number of benzene rings is 7. The van der Waals surface area contributed by atoms with E-state index in [-0.39, 0.29) is 0 Å². The predicted octanol–water partition coefficient (Wildman–Crippen LogP) is 13.1. The number of hydrogen-bond acceptors (Lipinski definition) is 5. The zero-order valence-corrected chi connectivity index (χ0v) is 27.2. The fraction of sp³-hybridized carbons (Fsp3) is 0. The lowest BCUT2D eigenvalue weighted by Crippen LogP contribution is -2.09. The van der Waals surface area contributed by atoms with Crippen LogP contribution in [0.3, 0.4) is 0 Å². The van der Waals surface area contributed by atoms with Gasteiger partial charge >= 0.3 is 0 Å².